The van der Waals surface area contributed by atoms with E-state index in [0.717, 1.165) is 23.1 Å². The lowest BCUT2D eigenvalue weighted by Gasteiger charge is -2.23. The van der Waals surface area contributed by atoms with Crippen LogP contribution in [-0.2, 0) is 29.0 Å². The number of hydrogen-bond acceptors (Lipinski definition) is 4. The number of amides is 2. The van der Waals surface area contributed by atoms with Gasteiger partial charge >= 0.3 is 0 Å². The molecule has 36 heavy (non-hydrogen) atoms. The molecule has 0 saturated heterocycles. The quantitative estimate of drug-likeness (QED) is 0.401. The first kappa shape index (κ1) is 28.8. The molecular weight excluding hydrogens is 452 g/mol. The Bertz CT molecular complexity index is 1080. The molecule has 0 aliphatic rings. The molecule has 2 atom stereocenters. The highest BCUT2D eigenvalue weighted by Crippen LogP contribution is 2.24. The molecule has 3 aromatic rings. The van der Waals surface area contributed by atoms with E-state index in [9.17, 15) is 19.8 Å². The topological polar surface area (TPSA) is 89.9 Å². The maximum absolute atomic E-state index is 12.4. The molecular formula is C30H38N2O4. The van der Waals surface area contributed by atoms with Crippen LogP contribution in [0.4, 0.5) is 0 Å². The van der Waals surface area contributed by atoms with Crippen LogP contribution in [0.5, 0.6) is 0 Å². The molecule has 3 rings (SSSR count). The van der Waals surface area contributed by atoms with Crippen molar-refractivity contribution in [2.45, 2.75) is 52.4 Å². The summed E-state index contributed by atoms with van der Waals surface area (Å²) in [5, 5.41) is 23.0. The van der Waals surface area contributed by atoms with Gasteiger partial charge in [0.25, 0.3) is 11.8 Å². The number of rotatable bonds is 10. The predicted octanol–water partition coefficient (Wildman–Crippen LogP) is 3.98. The van der Waals surface area contributed by atoms with E-state index < -0.39 is 24.0 Å². The van der Waals surface area contributed by atoms with Crippen LogP contribution < -0.4 is 5.32 Å². The maximum atomic E-state index is 12.4. The van der Waals surface area contributed by atoms with Gasteiger partial charge < -0.3 is 20.4 Å². The lowest BCUT2D eigenvalue weighted by Crippen LogP contribution is -2.50. The molecule has 0 aromatic heterocycles. The van der Waals surface area contributed by atoms with Gasteiger partial charge in [0.1, 0.15) is 0 Å². The SMILES string of the molecule is CC.CCc1ccccc1-c1ccc(CNC(=O)C(O)C(O)C(=O)N(C)CCc2ccccc2)cc1. The fraction of sp³-hybridized carbons (Fsp3) is 0.333. The van der Waals surface area contributed by atoms with Gasteiger partial charge in [-0.2, -0.15) is 0 Å². The van der Waals surface area contributed by atoms with Crippen molar-refractivity contribution in [2.24, 2.45) is 0 Å². The number of carbonyl (C=O) groups excluding carboxylic acids is 2. The number of benzene rings is 3. The number of nitrogens with zero attached hydrogens (tertiary/aromatic N) is 1. The van der Waals surface area contributed by atoms with Crippen molar-refractivity contribution in [1.82, 2.24) is 10.2 Å². The normalized spacial score (nSPS) is 12.1. The van der Waals surface area contributed by atoms with Crippen molar-refractivity contribution >= 4 is 11.8 Å². The second kappa shape index (κ2) is 14.8. The number of nitrogens with one attached hydrogen (secondary N) is 1. The van der Waals surface area contributed by atoms with Gasteiger partial charge in [0, 0.05) is 20.1 Å². The van der Waals surface area contributed by atoms with E-state index >= 15 is 0 Å². The molecule has 0 saturated carbocycles. The van der Waals surface area contributed by atoms with Crippen LogP contribution in [0.15, 0.2) is 78.9 Å². The summed E-state index contributed by atoms with van der Waals surface area (Å²) in [5.74, 6) is -1.49. The summed E-state index contributed by atoms with van der Waals surface area (Å²) in [6, 6.07) is 25.7. The summed E-state index contributed by atoms with van der Waals surface area (Å²) in [4.78, 5) is 26.1. The van der Waals surface area contributed by atoms with Crippen molar-refractivity contribution in [3.8, 4) is 11.1 Å². The van der Waals surface area contributed by atoms with Crippen LogP contribution in [0.1, 0.15) is 37.5 Å². The Morgan fingerprint density at radius 1 is 0.833 bits per heavy atom. The third-order valence-electron chi connectivity index (χ3n) is 5.91. The van der Waals surface area contributed by atoms with E-state index in [0.29, 0.717) is 13.0 Å². The molecule has 0 fully saturated rings. The standard InChI is InChI=1S/C28H32N2O4.C2H6/c1-3-22-11-7-8-12-24(22)23-15-13-21(14-16-23)19-29-27(33)25(31)26(32)28(34)30(2)18-17-20-9-5-4-6-10-20;1-2/h4-16,25-26,31-32H,3,17-19H2,1-2H3,(H,29,33);1-2H3. The van der Waals surface area contributed by atoms with Crippen LogP contribution in [0.3, 0.4) is 0 Å². The Labute approximate surface area is 214 Å². The minimum Gasteiger partial charge on any atom is -0.380 e. The summed E-state index contributed by atoms with van der Waals surface area (Å²) < 4.78 is 0. The zero-order valence-corrected chi connectivity index (χ0v) is 21.6. The van der Waals surface area contributed by atoms with E-state index in [4.69, 9.17) is 0 Å². The van der Waals surface area contributed by atoms with Crippen molar-refractivity contribution in [1.29, 1.82) is 0 Å². The number of hydrogen-bond donors (Lipinski definition) is 3. The Hall–Kier alpha value is -3.48. The van der Waals surface area contributed by atoms with Crippen molar-refractivity contribution < 1.29 is 19.8 Å². The van der Waals surface area contributed by atoms with Crippen LogP contribution in [-0.4, -0.2) is 52.7 Å². The largest absolute Gasteiger partial charge is 0.380 e. The Balaban J connectivity index is 0.00000222. The first-order valence-electron chi connectivity index (χ1n) is 12.5. The van der Waals surface area contributed by atoms with E-state index in [1.165, 1.54) is 23.1 Å². The number of aryl methyl sites for hydroxylation is 1. The van der Waals surface area contributed by atoms with Crippen molar-refractivity contribution in [3.05, 3.63) is 95.6 Å². The molecule has 0 bridgehead atoms. The average molecular weight is 491 g/mol. The average Bonchev–Trinajstić information content (AvgIpc) is 2.95. The van der Waals surface area contributed by atoms with E-state index in [-0.39, 0.29) is 6.54 Å². The second-order valence-corrected chi connectivity index (χ2v) is 8.31. The zero-order chi connectivity index (χ0) is 26.5. The minimum atomic E-state index is -1.85. The lowest BCUT2D eigenvalue weighted by molar-refractivity contribution is -0.152. The van der Waals surface area contributed by atoms with Gasteiger partial charge in [0.15, 0.2) is 12.2 Å². The molecule has 0 aliphatic carbocycles. The summed E-state index contributed by atoms with van der Waals surface area (Å²) in [7, 11) is 1.54. The third kappa shape index (κ3) is 8.04. The zero-order valence-electron chi connectivity index (χ0n) is 21.6. The second-order valence-electron chi connectivity index (χ2n) is 8.31. The van der Waals surface area contributed by atoms with Gasteiger partial charge in [0.05, 0.1) is 0 Å². The number of aliphatic hydroxyl groups is 2. The number of carbonyl (C=O) groups is 2. The Morgan fingerprint density at radius 2 is 1.44 bits per heavy atom. The van der Waals surface area contributed by atoms with Crippen LogP contribution in [0, 0.1) is 0 Å². The van der Waals surface area contributed by atoms with Gasteiger partial charge in [-0.3, -0.25) is 9.59 Å². The Morgan fingerprint density at radius 3 is 2.08 bits per heavy atom. The minimum absolute atomic E-state index is 0.177. The van der Waals surface area contributed by atoms with Crippen LogP contribution >= 0.6 is 0 Å². The van der Waals surface area contributed by atoms with E-state index in [1.54, 1.807) is 0 Å². The smallest absolute Gasteiger partial charge is 0.254 e. The highest BCUT2D eigenvalue weighted by Gasteiger charge is 2.32. The third-order valence-corrected chi connectivity index (χ3v) is 5.91. The molecule has 2 unspecified atom stereocenters. The molecule has 0 aliphatic heterocycles. The summed E-state index contributed by atoms with van der Waals surface area (Å²) in [6.07, 6.45) is -2.12. The van der Waals surface area contributed by atoms with Gasteiger partial charge in [0.2, 0.25) is 0 Å². The molecule has 2 amide bonds. The lowest BCUT2D eigenvalue weighted by atomic mass is 9.97. The molecule has 192 valence electrons. The first-order chi connectivity index (χ1) is 17.4. The number of aliphatic hydroxyl groups excluding tert-OH is 2. The molecule has 0 heterocycles. The van der Waals surface area contributed by atoms with Crippen molar-refractivity contribution in [3.63, 3.8) is 0 Å². The van der Waals surface area contributed by atoms with Gasteiger partial charge in [-0.25, -0.2) is 0 Å². The summed E-state index contributed by atoms with van der Waals surface area (Å²) in [5.41, 5.74) is 5.43. The van der Waals surface area contributed by atoms with E-state index in [2.05, 4.69) is 24.4 Å². The highest BCUT2D eigenvalue weighted by atomic mass is 16.3. The van der Waals surface area contributed by atoms with Crippen LogP contribution in [0.2, 0.25) is 0 Å². The van der Waals surface area contributed by atoms with Gasteiger partial charge in [-0.1, -0.05) is 99.6 Å². The van der Waals surface area contributed by atoms with Gasteiger partial charge in [-0.15, -0.1) is 0 Å². The first-order valence-corrected chi connectivity index (χ1v) is 12.5. The summed E-state index contributed by atoms with van der Waals surface area (Å²) >= 11 is 0. The monoisotopic (exact) mass is 490 g/mol. The van der Waals surface area contributed by atoms with Crippen molar-refractivity contribution in [2.75, 3.05) is 13.6 Å². The maximum Gasteiger partial charge on any atom is 0.254 e. The number of likely N-dealkylation sites (N-methyl/N-ethyl adjacent to an activating group) is 1. The van der Waals surface area contributed by atoms with E-state index in [1.807, 2.05) is 80.6 Å². The molecule has 6 heteroatoms. The van der Waals surface area contributed by atoms with Gasteiger partial charge in [-0.05, 0) is 40.7 Å². The van der Waals surface area contributed by atoms with Crippen LogP contribution in [0.25, 0.3) is 11.1 Å². The molecule has 3 aromatic carbocycles. The summed E-state index contributed by atoms with van der Waals surface area (Å²) in [6.45, 7) is 6.66. The fourth-order valence-corrected chi connectivity index (χ4v) is 3.76. The highest BCUT2D eigenvalue weighted by molar-refractivity contribution is 5.90. The Kier molecular flexibility index (Phi) is 11.8. The molecule has 0 spiro atoms. The predicted molar refractivity (Wildman–Crippen MR) is 144 cm³/mol. The fourth-order valence-electron chi connectivity index (χ4n) is 3.76. The molecule has 6 nitrogen and oxygen atoms in total. The molecule has 3 N–H and O–H groups in total. The molecule has 0 radical (unpaired) electrons.